The first-order valence-corrected chi connectivity index (χ1v) is 7.18. The molecular weight excluding hydrogens is 257 g/mol. The van der Waals surface area contributed by atoms with Crippen molar-refractivity contribution in [3.8, 4) is 0 Å². The lowest BCUT2D eigenvalue weighted by molar-refractivity contribution is -0.152. The molecule has 0 aromatic rings. The molecule has 2 fully saturated rings. The summed E-state index contributed by atoms with van der Waals surface area (Å²) >= 11 is 0. The summed E-state index contributed by atoms with van der Waals surface area (Å²) in [6.45, 7) is 2.11. The van der Waals surface area contributed by atoms with Crippen LogP contribution in [0.15, 0.2) is 0 Å². The van der Waals surface area contributed by atoms with E-state index in [1.54, 1.807) is 4.90 Å². The molecule has 6 heteroatoms. The van der Waals surface area contributed by atoms with E-state index in [1.165, 1.54) is 0 Å². The topological polar surface area (TPSA) is 24.5 Å². The number of halogens is 3. The molecule has 19 heavy (non-hydrogen) atoms. The summed E-state index contributed by atoms with van der Waals surface area (Å²) in [6, 6.07) is 0.0595. The van der Waals surface area contributed by atoms with Crippen LogP contribution in [0.25, 0.3) is 0 Å². The van der Waals surface area contributed by atoms with E-state index in [2.05, 4.69) is 5.32 Å². The molecule has 2 heterocycles. The summed E-state index contributed by atoms with van der Waals surface area (Å²) in [5, 5.41) is 3.20. The second-order valence-corrected chi connectivity index (χ2v) is 5.49. The quantitative estimate of drug-likeness (QED) is 0.835. The zero-order valence-corrected chi connectivity index (χ0v) is 11.2. The van der Waals surface area contributed by atoms with Crippen molar-refractivity contribution in [2.24, 2.45) is 0 Å². The molecule has 0 saturated carbocycles. The van der Waals surface area contributed by atoms with Gasteiger partial charge in [0.05, 0.1) is 12.6 Å². The van der Waals surface area contributed by atoms with Crippen LogP contribution >= 0.6 is 0 Å². The van der Waals surface area contributed by atoms with Crippen molar-refractivity contribution in [1.82, 2.24) is 10.2 Å². The van der Waals surface area contributed by atoms with E-state index in [1.807, 2.05) is 0 Å². The van der Waals surface area contributed by atoms with Crippen LogP contribution in [0, 0.1) is 0 Å². The lowest BCUT2D eigenvalue weighted by Gasteiger charge is -2.35. The van der Waals surface area contributed by atoms with Gasteiger partial charge in [-0.2, -0.15) is 13.2 Å². The van der Waals surface area contributed by atoms with Crippen molar-refractivity contribution in [3.05, 3.63) is 0 Å². The second kappa shape index (κ2) is 6.90. The molecule has 0 bridgehead atoms. The Kier molecular flexibility index (Phi) is 5.47. The SMILES string of the molecule is FC(F)(F)CN(CCC1CCCO1)C1CCNCC1. The number of hydrogen-bond donors (Lipinski definition) is 1. The van der Waals surface area contributed by atoms with Gasteiger partial charge in [-0.15, -0.1) is 0 Å². The van der Waals surface area contributed by atoms with Crippen LogP contribution in [0.2, 0.25) is 0 Å². The van der Waals surface area contributed by atoms with Crippen LogP contribution in [0.4, 0.5) is 13.2 Å². The van der Waals surface area contributed by atoms with Crippen molar-refractivity contribution in [2.75, 3.05) is 32.8 Å². The highest BCUT2D eigenvalue weighted by atomic mass is 19.4. The standard InChI is InChI=1S/C13H23F3N2O/c14-13(15,16)10-18(11-3-6-17-7-4-11)8-5-12-2-1-9-19-12/h11-12,17H,1-10H2. The van der Waals surface area contributed by atoms with Gasteiger partial charge in [-0.05, 0) is 45.2 Å². The van der Waals surface area contributed by atoms with E-state index in [9.17, 15) is 13.2 Å². The molecule has 0 spiro atoms. The number of ether oxygens (including phenoxy) is 1. The highest BCUT2D eigenvalue weighted by Gasteiger charge is 2.34. The molecular formula is C13H23F3N2O. The first kappa shape index (κ1) is 15.1. The molecule has 2 aliphatic rings. The van der Waals surface area contributed by atoms with Crippen molar-refractivity contribution in [3.63, 3.8) is 0 Å². The van der Waals surface area contributed by atoms with E-state index in [0.717, 1.165) is 51.8 Å². The van der Waals surface area contributed by atoms with Gasteiger partial charge in [0.25, 0.3) is 0 Å². The van der Waals surface area contributed by atoms with Gasteiger partial charge in [-0.1, -0.05) is 0 Å². The number of alkyl halides is 3. The van der Waals surface area contributed by atoms with Crippen LogP contribution < -0.4 is 5.32 Å². The number of nitrogens with zero attached hydrogens (tertiary/aromatic N) is 1. The predicted octanol–water partition coefficient (Wildman–Crippen LogP) is 2.17. The summed E-state index contributed by atoms with van der Waals surface area (Å²) in [6.07, 6.45) is 0.422. The van der Waals surface area contributed by atoms with Gasteiger partial charge in [0, 0.05) is 19.2 Å². The van der Waals surface area contributed by atoms with E-state index in [0.29, 0.717) is 6.54 Å². The highest BCUT2D eigenvalue weighted by Crippen LogP contribution is 2.23. The maximum Gasteiger partial charge on any atom is 0.401 e. The molecule has 0 radical (unpaired) electrons. The maximum atomic E-state index is 12.7. The predicted molar refractivity (Wildman–Crippen MR) is 67.1 cm³/mol. The van der Waals surface area contributed by atoms with Gasteiger partial charge in [-0.25, -0.2) is 0 Å². The Hall–Kier alpha value is -0.330. The maximum absolute atomic E-state index is 12.7. The third-order valence-electron chi connectivity index (χ3n) is 3.97. The Morgan fingerprint density at radius 2 is 1.89 bits per heavy atom. The molecule has 0 aromatic carbocycles. The Balaban J connectivity index is 1.84. The fraction of sp³-hybridized carbons (Fsp3) is 1.00. The molecule has 1 N–H and O–H groups in total. The number of nitrogens with one attached hydrogen (secondary N) is 1. The lowest BCUT2D eigenvalue weighted by Crippen LogP contribution is -2.47. The van der Waals surface area contributed by atoms with Crippen LogP contribution in [-0.2, 0) is 4.74 Å². The van der Waals surface area contributed by atoms with Gasteiger partial charge >= 0.3 is 6.18 Å². The minimum Gasteiger partial charge on any atom is -0.378 e. The normalized spacial score (nSPS) is 26.2. The average molecular weight is 280 g/mol. The smallest absolute Gasteiger partial charge is 0.378 e. The zero-order chi connectivity index (χ0) is 13.7. The van der Waals surface area contributed by atoms with E-state index in [-0.39, 0.29) is 12.1 Å². The molecule has 2 rings (SSSR count). The fourth-order valence-corrected chi connectivity index (χ4v) is 2.97. The third-order valence-corrected chi connectivity index (χ3v) is 3.97. The summed E-state index contributed by atoms with van der Waals surface area (Å²) in [5.74, 6) is 0. The van der Waals surface area contributed by atoms with Gasteiger partial charge in [0.15, 0.2) is 0 Å². The molecule has 1 unspecified atom stereocenters. The minimum absolute atomic E-state index is 0.0595. The molecule has 0 aromatic heterocycles. The molecule has 2 aliphatic heterocycles. The van der Waals surface area contributed by atoms with Crippen LogP contribution in [-0.4, -0.2) is 56.0 Å². The average Bonchev–Trinajstić information content (AvgIpc) is 2.87. The van der Waals surface area contributed by atoms with E-state index < -0.39 is 12.7 Å². The Morgan fingerprint density at radius 1 is 1.16 bits per heavy atom. The molecule has 0 amide bonds. The molecule has 3 nitrogen and oxygen atoms in total. The minimum atomic E-state index is -4.11. The first-order chi connectivity index (χ1) is 9.04. The van der Waals surface area contributed by atoms with Crippen molar-refractivity contribution >= 4 is 0 Å². The number of hydrogen-bond acceptors (Lipinski definition) is 3. The van der Waals surface area contributed by atoms with Crippen molar-refractivity contribution in [1.29, 1.82) is 0 Å². The summed E-state index contributed by atoms with van der Waals surface area (Å²) in [5.41, 5.74) is 0. The van der Waals surface area contributed by atoms with Gasteiger partial charge in [0.1, 0.15) is 0 Å². The Bertz CT molecular complexity index is 261. The monoisotopic (exact) mass is 280 g/mol. The van der Waals surface area contributed by atoms with Crippen LogP contribution in [0.3, 0.4) is 0 Å². The van der Waals surface area contributed by atoms with Crippen molar-refractivity contribution < 1.29 is 17.9 Å². The van der Waals surface area contributed by atoms with Crippen molar-refractivity contribution in [2.45, 2.75) is 50.4 Å². The van der Waals surface area contributed by atoms with Crippen LogP contribution in [0.1, 0.15) is 32.1 Å². The van der Waals surface area contributed by atoms with Crippen LogP contribution in [0.5, 0.6) is 0 Å². The number of rotatable bonds is 5. The highest BCUT2D eigenvalue weighted by molar-refractivity contribution is 4.80. The van der Waals surface area contributed by atoms with E-state index in [4.69, 9.17) is 4.74 Å². The molecule has 2 saturated heterocycles. The van der Waals surface area contributed by atoms with Gasteiger partial charge < -0.3 is 10.1 Å². The molecule has 0 aliphatic carbocycles. The Morgan fingerprint density at radius 3 is 2.47 bits per heavy atom. The van der Waals surface area contributed by atoms with E-state index >= 15 is 0 Å². The first-order valence-electron chi connectivity index (χ1n) is 7.18. The molecule has 112 valence electrons. The van der Waals surface area contributed by atoms with Gasteiger partial charge in [0.2, 0.25) is 0 Å². The zero-order valence-electron chi connectivity index (χ0n) is 11.2. The summed E-state index contributed by atoms with van der Waals surface area (Å²) < 4.78 is 43.5. The van der Waals surface area contributed by atoms with Gasteiger partial charge in [-0.3, -0.25) is 4.90 Å². The lowest BCUT2D eigenvalue weighted by atomic mass is 10.0. The third kappa shape index (κ3) is 5.28. The number of piperidine rings is 1. The summed E-state index contributed by atoms with van der Waals surface area (Å²) in [7, 11) is 0. The fourth-order valence-electron chi connectivity index (χ4n) is 2.97. The Labute approximate surface area is 112 Å². The second-order valence-electron chi connectivity index (χ2n) is 5.49. The summed E-state index contributed by atoms with van der Waals surface area (Å²) in [4.78, 5) is 1.61. The largest absolute Gasteiger partial charge is 0.401 e. The molecule has 1 atom stereocenters.